The van der Waals surface area contributed by atoms with E-state index in [1.54, 1.807) is 0 Å². The predicted molar refractivity (Wildman–Crippen MR) is 72.8 cm³/mol. The number of halogens is 3. The van der Waals surface area contributed by atoms with Crippen molar-refractivity contribution in [2.75, 3.05) is 0 Å². The quantitative estimate of drug-likeness (QED) is 0.862. The molecule has 0 N–H and O–H groups in total. The summed E-state index contributed by atoms with van der Waals surface area (Å²) >= 11 is 0. The van der Waals surface area contributed by atoms with Crippen molar-refractivity contribution in [3.05, 3.63) is 62.2 Å². The Morgan fingerprint density at radius 1 is 1.27 bits per heavy atom. The van der Waals surface area contributed by atoms with E-state index in [0.717, 1.165) is 22.8 Å². The van der Waals surface area contributed by atoms with Crippen LogP contribution >= 0.6 is 0 Å². The highest BCUT2D eigenvalue weighted by molar-refractivity contribution is 5.34. The fourth-order valence-corrected chi connectivity index (χ4v) is 2.08. The Bertz CT molecular complexity index is 778. The van der Waals surface area contributed by atoms with E-state index >= 15 is 0 Å². The average molecular weight is 314 g/mol. The summed E-state index contributed by atoms with van der Waals surface area (Å²) in [6.07, 6.45) is 1.36. The minimum absolute atomic E-state index is 0.0231. The molecule has 0 aliphatic heterocycles. The maximum atomic E-state index is 13.3. The molecule has 5 nitrogen and oxygen atoms in total. The van der Waals surface area contributed by atoms with Gasteiger partial charge in [0.05, 0.1) is 6.54 Å². The minimum Gasteiger partial charge on any atom is -0.434 e. The molecule has 0 saturated carbocycles. The second-order valence-corrected chi connectivity index (χ2v) is 4.73. The zero-order valence-electron chi connectivity index (χ0n) is 11.8. The normalized spacial score (nSPS) is 11.0. The highest BCUT2D eigenvalue weighted by atomic mass is 19.3. The van der Waals surface area contributed by atoms with Crippen molar-refractivity contribution in [1.29, 1.82) is 0 Å². The Morgan fingerprint density at radius 2 is 1.95 bits per heavy atom. The number of benzene rings is 1. The monoisotopic (exact) mass is 314 g/mol. The van der Waals surface area contributed by atoms with Gasteiger partial charge >= 0.3 is 12.3 Å². The lowest BCUT2D eigenvalue weighted by molar-refractivity contribution is -0.0505. The predicted octanol–water partition coefficient (Wildman–Crippen LogP) is 1.64. The molecule has 0 bridgehead atoms. The van der Waals surface area contributed by atoms with Crippen molar-refractivity contribution in [3.8, 4) is 5.75 Å². The van der Waals surface area contributed by atoms with Gasteiger partial charge in [-0.15, -0.1) is 0 Å². The van der Waals surface area contributed by atoms with Crippen molar-refractivity contribution < 1.29 is 17.9 Å². The van der Waals surface area contributed by atoms with E-state index in [1.165, 1.54) is 24.7 Å². The third-order valence-electron chi connectivity index (χ3n) is 3.07. The summed E-state index contributed by atoms with van der Waals surface area (Å²) in [5.74, 6) is -0.971. The molecule has 1 aromatic heterocycles. The third-order valence-corrected chi connectivity index (χ3v) is 3.07. The van der Waals surface area contributed by atoms with Gasteiger partial charge in [-0.3, -0.25) is 9.36 Å². The van der Waals surface area contributed by atoms with Gasteiger partial charge in [0.15, 0.2) is 0 Å². The molecule has 118 valence electrons. The summed E-state index contributed by atoms with van der Waals surface area (Å²) in [6, 6.07) is 2.94. The lowest BCUT2D eigenvalue weighted by Crippen LogP contribution is -2.40. The Kier molecular flexibility index (Phi) is 4.39. The number of aryl methyl sites for hydroxylation is 2. The van der Waals surface area contributed by atoms with Crippen LogP contribution in [0.4, 0.5) is 13.2 Å². The van der Waals surface area contributed by atoms with Crippen molar-refractivity contribution in [1.82, 2.24) is 9.13 Å². The van der Waals surface area contributed by atoms with Gasteiger partial charge in [-0.25, -0.2) is 9.18 Å². The second-order valence-electron chi connectivity index (χ2n) is 4.73. The first-order chi connectivity index (χ1) is 10.3. The van der Waals surface area contributed by atoms with Gasteiger partial charge in [0.2, 0.25) is 0 Å². The van der Waals surface area contributed by atoms with Gasteiger partial charge in [-0.05, 0) is 25.1 Å². The number of aromatic nitrogens is 2. The number of hydrogen-bond donors (Lipinski definition) is 0. The first kappa shape index (κ1) is 15.9. The molecule has 0 fully saturated rings. The number of alkyl halides is 2. The van der Waals surface area contributed by atoms with Crippen LogP contribution in [0.3, 0.4) is 0 Å². The molecular weight excluding hydrogens is 301 g/mol. The maximum Gasteiger partial charge on any atom is 0.387 e. The van der Waals surface area contributed by atoms with Crippen molar-refractivity contribution in [2.45, 2.75) is 20.1 Å². The van der Waals surface area contributed by atoms with Crippen LogP contribution in [-0.2, 0) is 13.6 Å². The van der Waals surface area contributed by atoms with E-state index < -0.39 is 23.7 Å². The second kappa shape index (κ2) is 6.08. The first-order valence-corrected chi connectivity index (χ1v) is 6.30. The van der Waals surface area contributed by atoms with Gasteiger partial charge in [0.25, 0.3) is 5.56 Å². The molecule has 0 spiro atoms. The van der Waals surface area contributed by atoms with Gasteiger partial charge < -0.3 is 9.30 Å². The van der Waals surface area contributed by atoms with Crippen LogP contribution in [0.2, 0.25) is 0 Å². The Morgan fingerprint density at radius 3 is 2.59 bits per heavy atom. The number of hydrogen-bond acceptors (Lipinski definition) is 3. The Balaban J connectivity index is 2.54. The topological polar surface area (TPSA) is 53.2 Å². The molecule has 0 aliphatic rings. The van der Waals surface area contributed by atoms with E-state index in [4.69, 9.17) is 0 Å². The largest absolute Gasteiger partial charge is 0.434 e. The number of nitrogens with zero attached hydrogens (tertiary/aromatic N) is 2. The average Bonchev–Trinajstić information content (AvgIpc) is 2.43. The molecule has 0 unspecified atom stereocenters. The fraction of sp³-hybridized carbons (Fsp3) is 0.286. The molecule has 2 rings (SSSR count). The molecule has 1 aromatic carbocycles. The molecule has 2 aromatic rings. The summed E-state index contributed by atoms with van der Waals surface area (Å²) in [4.78, 5) is 24.0. The third kappa shape index (κ3) is 3.21. The summed E-state index contributed by atoms with van der Waals surface area (Å²) in [5.41, 5.74) is -0.932. The molecule has 0 amide bonds. The first-order valence-electron chi connectivity index (χ1n) is 6.30. The summed E-state index contributed by atoms with van der Waals surface area (Å²) in [5, 5.41) is 0. The van der Waals surface area contributed by atoms with Gasteiger partial charge in [-0.1, -0.05) is 0 Å². The van der Waals surface area contributed by atoms with Gasteiger partial charge in [-0.2, -0.15) is 8.78 Å². The van der Waals surface area contributed by atoms with Crippen molar-refractivity contribution in [3.63, 3.8) is 0 Å². The molecule has 22 heavy (non-hydrogen) atoms. The van der Waals surface area contributed by atoms with E-state index in [0.29, 0.717) is 5.56 Å². The number of rotatable bonds is 4. The van der Waals surface area contributed by atoms with E-state index in [2.05, 4.69) is 4.74 Å². The van der Waals surface area contributed by atoms with Crippen LogP contribution in [0, 0.1) is 12.7 Å². The van der Waals surface area contributed by atoms with Crippen molar-refractivity contribution >= 4 is 0 Å². The lowest BCUT2D eigenvalue weighted by atomic mass is 10.2. The maximum absolute atomic E-state index is 13.3. The SMILES string of the molecule is Cc1cn(C)c(=O)n(Cc2cc(F)ccc2OC(F)F)c1=O. The Hall–Kier alpha value is -2.51. The lowest BCUT2D eigenvalue weighted by Gasteiger charge is -2.13. The molecule has 0 aliphatic carbocycles. The van der Waals surface area contributed by atoms with Gasteiger partial charge in [0.1, 0.15) is 11.6 Å². The Labute approximate surface area is 123 Å². The highest BCUT2D eigenvalue weighted by Gasteiger charge is 2.14. The zero-order valence-corrected chi connectivity index (χ0v) is 11.8. The standard InChI is InChI=1S/C14H13F3N2O3/c1-8-6-18(2)14(21)19(12(8)20)7-9-5-10(15)3-4-11(9)22-13(16)17/h3-6,13H,7H2,1-2H3. The van der Waals surface area contributed by atoms with E-state index in [-0.39, 0.29) is 17.9 Å². The van der Waals surface area contributed by atoms with Crippen LogP contribution in [0.1, 0.15) is 11.1 Å². The van der Waals surface area contributed by atoms with Crippen LogP contribution in [-0.4, -0.2) is 15.7 Å². The molecular formula is C14H13F3N2O3. The highest BCUT2D eigenvalue weighted by Crippen LogP contribution is 2.22. The van der Waals surface area contributed by atoms with E-state index in [9.17, 15) is 22.8 Å². The molecule has 8 heteroatoms. The fourth-order valence-electron chi connectivity index (χ4n) is 2.08. The van der Waals surface area contributed by atoms with Crippen LogP contribution in [0.5, 0.6) is 5.75 Å². The minimum atomic E-state index is -3.10. The van der Waals surface area contributed by atoms with Crippen LogP contribution in [0.15, 0.2) is 34.0 Å². The van der Waals surface area contributed by atoms with Crippen molar-refractivity contribution in [2.24, 2.45) is 7.05 Å². The smallest absolute Gasteiger partial charge is 0.387 e. The summed E-state index contributed by atoms with van der Waals surface area (Å²) < 4.78 is 44.4. The number of ether oxygens (including phenoxy) is 1. The van der Waals surface area contributed by atoms with Crippen LogP contribution in [0.25, 0.3) is 0 Å². The molecule has 0 saturated heterocycles. The summed E-state index contributed by atoms with van der Waals surface area (Å²) in [6.45, 7) is -1.95. The molecule has 0 atom stereocenters. The summed E-state index contributed by atoms with van der Waals surface area (Å²) in [7, 11) is 1.45. The van der Waals surface area contributed by atoms with E-state index in [1.807, 2.05) is 0 Å². The molecule has 0 radical (unpaired) electrons. The molecule has 1 heterocycles. The van der Waals surface area contributed by atoms with Gasteiger partial charge in [0, 0.05) is 24.4 Å². The zero-order chi connectivity index (χ0) is 16.4. The van der Waals surface area contributed by atoms with Crippen LogP contribution < -0.4 is 16.0 Å².